The molecule has 2 aromatic carbocycles. The first-order chi connectivity index (χ1) is 12.9. The predicted molar refractivity (Wildman–Crippen MR) is 109 cm³/mol. The van der Waals surface area contributed by atoms with E-state index in [2.05, 4.69) is 60.0 Å². The van der Waals surface area contributed by atoms with Crippen molar-refractivity contribution >= 4 is 22.5 Å². The summed E-state index contributed by atoms with van der Waals surface area (Å²) in [6.07, 6.45) is 4.35. The van der Waals surface area contributed by atoms with Gasteiger partial charge in [-0.15, -0.1) is 11.3 Å². The van der Waals surface area contributed by atoms with Crippen molar-refractivity contribution in [3.63, 3.8) is 0 Å². The molecule has 0 aliphatic heterocycles. The zero-order valence-electron chi connectivity index (χ0n) is 14.6. The number of fused-ring (bicyclic) bond motifs is 10. The molecule has 0 nitrogen and oxygen atoms in total. The molecule has 0 amide bonds. The van der Waals surface area contributed by atoms with Crippen molar-refractivity contribution in [3.8, 4) is 11.1 Å². The van der Waals surface area contributed by atoms with Gasteiger partial charge < -0.3 is 0 Å². The van der Waals surface area contributed by atoms with E-state index in [4.69, 9.17) is 0 Å². The van der Waals surface area contributed by atoms with Crippen LogP contribution in [0.1, 0.15) is 46.7 Å². The van der Waals surface area contributed by atoms with Crippen LogP contribution in [0.5, 0.6) is 0 Å². The monoisotopic (exact) mass is 352 g/mol. The van der Waals surface area contributed by atoms with Gasteiger partial charge in [0, 0.05) is 16.0 Å². The smallest absolute Gasteiger partial charge is 0.0430 e. The molecule has 0 radical (unpaired) electrons. The summed E-state index contributed by atoms with van der Waals surface area (Å²) in [5, 5.41) is 2.28. The highest BCUT2D eigenvalue weighted by Gasteiger charge is 2.54. The molecule has 2 fully saturated rings. The van der Waals surface area contributed by atoms with Crippen LogP contribution in [0.3, 0.4) is 0 Å². The molecular formula is C25H20S. The van der Waals surface area contributed by atoms with Gasteiger partial charge in [-0.05, 0) is 82.2 Å². The molecule has 1 heterocycles. The summed E-state index contributed by atoms with van der Waals surface area (Å²) in [4.78, 5) is 1.51. The van der Waals surface area contributed by atoms with Gasteiger partial charge in [0.25, 0.3) is 0 Å². The third-order valence-corrected chi connectivity index (χ3v) is 8.44. The second-order valence-electron chi connectivity index (χ2n) is 8.47. The minimum Gasteiger partial charge on any atom is -0.143 e. The fraction of sp³-hybridized carbons (Fsp3) is 0.280. The molecule has 1 heteroatoms. The van der Waals surface area contributed by atoms with Gasteiger partial charge in [0.15, 0.2) is 0 Å². The molecule has 4 aliphatic carbocycles. The zero-order valence-corrected chi connectivity index (χ0v) is 15.4. The van der Waals surface area contributed by atoms with Crippen molar-refractivity contribution < 1.29 is 0 Å². The molecule has 0 spiro atoms. The van der Waals surface area contributed by atoms with E-state index < -0.39 is 0 Å². The fourth-order valence-electron chi connectivity index (χ4n) is 6.71. The number of thiophene rings is 1. The fourth-order valence-corrected chi connectivity index (χ4v) is 7.69. The van der Waals surface area contributed by atoms with E-state index >= 15 is 0 Å². The number of rotatable bonds is 0. The molecule has 1 aromatic heterocycles. The summed E-state index contributed by atoms with van der Waals surface area (Å²) >= 11 is 1.93. The Kier molecular flexibility index (Phi) is 2.57. The average Bonchev–Trinajstić information content (AvgIpc) is 3.46. The molecule has 4 atom stereocenters. The van der Waals surface area contributed by atoms with Crippen LogP contribution in [0.25, 0.3) is 22.3 Å². The Balaban J connectivity index is 1.60. The predicted octanol–water partition coefficient (Wildman–Crippen LogP) is 6.83. The molecule has 2 bridgehead atoms. The Bertz CT molecular complexity index is 1100. The van der Waals surface area contributed by atoms with Gasteiger partial charge >= 0.3 is 0 Å². The molecule has 0 saturated heterocycles. The van der Waals surface area contributed by atoms with E-state index in [-0.39, 0.29) is 0 Å². The van der Waals surface area contributed by atoms with E-state index in [0.717, 1.165) is 23.7 Å². The summed E-state index contributed by atoms with van der Waals surface area (Å²) in [6, 6.07) is 20.7. The van der Waals surface area contributed by atoms with Gasteiger partial charge in [-0.25, -0.2) is 0 Å². The van der Waals surface area contributed by atoms with Crippen molar-refractivity contribution in [2.75, 3.05) is 0 Å². The highest BCUT2D eigenvalue weighted by atomic mass is 32.1. The first-order valence-corrected chi connectivity index (χ1v) is 10.8. The largest absolute Gasteiger partial charge is 0.143 e. The highest BCUT2D eigenvalue weighted by molar-refractivity contribution is 7.12. The second kappa shape index (κ2) is 4.78. The van der Waals surface area contributed by atoms with Crippen LogP contribution in [0.15, 0.2) is 60.0 Å². The first-order valence-electron chi connectivity index (χ1n) is 9.93. The summed E-state index contributed by atoms with van der Waals surface area (Å²) in [6.45, 7) is 0. The maximum absolute atomic E-state index is 2.43. The Labute approximate surface area is 158 Å². The van der Waals surface area contributed by atoms with Crippen LogP contribution in [-0.4, -0.2) is 0 Å². The molecule has 3 aromatic rings. The second-order valence-corrected chi connectivity index (χ2v) is 9.39. The normalized spacial score (nSPS) is 32.5. The van der Waals surface area contributed by atoms with Gasteiger partial charge in [0.2, 0.25) is 0 Å². The lowest BCUT2D eigenvalue weighted by atomic mass is 9.77. The third-order valence-electron chi connectivity index (χ3n) is 7.51. The van der Waals surface area contributed by atoms with Gasteiger partial charge in [-0.3, -0.25) is 0 Å². The van der Waals surface area contributed by atoms with Gasteiger partial charge in [0.05, 0.1) is 0 Å². The maximum Gasteiger partial charge on any atom is 0.0430 e. The van der Waals surface area contributed by atoms with Crippen LogP contribution in [0, 0.1) is 17.8 Å². The molecule has 2 unspecified atom stereocenters. The molecule has 126 valence electrons. The third kappa shape index (κ3) is 1.53. The van der Waals surface area contributed by atoms with Gasteiger partial charge in [-0.1, -0.05) is 48.5 Å². The summed E-state index contributed by atoms with van der Waals surface area (Å²) < 4.78 is 0. The van der Waals surface area contributed by atoms with Crippen molar-refractivity contribution in [2.45, 2.75) is 25.2 Å². The van der Waals surface area contributed by atoms with Crippen molar-refractivity contribution in [1.29, 1.82) is 0 Å². The first kappa shape index (κ1) is 14.0. The van der Waals surface area contributed by atoms with Crippen molar-refractivity contribution in [1.82, 2.24) is 0 Å². The van der Waals surface area contributed by atoms with E-state index in [1.54, 1.807) is 22.3 Å². The standard InChI is InChI=1S/C25H20S/c1-2-6-17-16(5-1)20-11-12-26-25(20)24(17)23-19-8-4-3-7-18(19)21-14-9-10-15(13-14)22(21)23/h1-8,11-12,14-15,21-22H,9-10,13H2/b24-23+/t14-,15+,21?,22?/m1/s1. The molecule has 2 saturated carbocycles. The quantitative estimate of drug-likeness (QED) is 0.325. The summed E-state index contributed by atoms with van der Waals surface area (Å²) in [7, 11) is 0. The van der Waals surface area contributed by atoms with Gasteiger partial charge in [0.1, 0.15) is 0 Å². The maximum atomic E-state index is 2.43. The zero-order chi connectivity index (χ0) is 16.8. The molecule has 4 aliphatic rings. The van der Waals surface area contributed by atoms with Gasteiger partial charge in [-0.2, -0.15) is 0 Å². The minimum atomic E-state index is 0.752. The minimum absolute atomic E-state index is 0.752. The van der Waals surface area contributed by atoms with E-state index in [1.165, 1.54) is 40.8 Å². The van der Waals surface area contributed by atoms with E-state index in [9.17, 15) is 0 Å². The molecule has 26 heavy (non-hydrogen) atoms. The van der Waals surface area contributed by atoms with Crippen molar-refractivity contribution in [3.05, 3.63) is 81.5 Å². The highest BCUT2D eigenvalue weighted by Crippen LogP contribution is 2.67. The Morgan fingerprint density at radius 3 is 2.31 bits per heavy atom. The number of hydrogen-bond donors (Lipinski definition) is 0. The van der Waals surface area contributed by atoms with Crippen LogP contribution >= 0.6 is 11.3 Å². The van der Waals surface area contributed by atoms with Crippen LogP contribution in [0.2, 0.25) is 0 Å². The SMILES string of the molecule is c1ccc2c(c1)/C(=C1/c3ccccc3C3C1[C@H]1CC[C@@H]3C1)c1sccc1-2. The van der Waals surface area contributed by atoms with Crippen LogP contribution in [-0.2, 0) is 0 Å². The molecule has 0 N–H and O–H groups in total. The van der Waals surface area contributed by atoms with Crippen molar-refractivity contribution in [2.24, 2.45) is 17.8 Å². The van der Waals surface area contributed by atoms with E-state index in [1.807, 2.05) is 11.3 Å². The Morgan fingerprint density at radius 2 is 1.42 bits per heavy atom. The lowest BCUT2D eigenvalue weighted by Gasteiger charge is -2.27. The van der Waals surface area contributed by atoms with Crippen LogP contribution < -0.4 is 0 Å². The number of allylic oxidation sites excluding steroid dienone is 1. The molecular weight excluding hydrogens is 332 g/mol. The lowest BCUT2D eigenvalue weighted by molar-refractivity contribution is 0.365. The Morgan fingerprint density at radius 1 is 0.692 bits per heavy atom. The lowest BCUT2D eigenvalue weighted by Crippen LogP contribution is -2.16. The summed E-state index contributed by atoms with van der Waals surface area (Å²) in [5.74, 6) is 3.35. The van der Waals surface area contributed by atoms with Crippen LogP contribution in [0.4, 0.5) is 0 Å². The average molecular weight is 353 g/mol. The summed E-state index contributed by atoms with van der Waals surface area (Å²) in [5.41, 5.74) is 10.8. The molecule has 7 rings (SSSR count). The number of hydrogen-bond acceptors (Lipinski definition) is 1. The van der Waals surface area contributed by atoms with E-state index in [0.29, 0.717) is 0 Å². The topological polar surface area (TPSA) is 0 Å². The number of benzene rings is 2. The Hall–Kier alpha value is -2.12.